The number of aromatic hydroxyl groups is 1. The third-order valence-electron chi connectivity index (χ3n) is 7.01. The molecule has 1 heterocycles. The van der Waals surface area contributed by atoms with Crippen LogP contribution in [0.5, 0.6) is 5.75 Å². The third-order valence-corrected chi connectivity index (χ3v) is 7.01. The lowest BCUT2D eigenvalue weighted by Gasteiger charge is -2.38. The zero-order valence-electron chi connectivity index (χ0n) is 18.3. The van der Waals surface area contributed by atoms with Crippen LogP contribution in [0.1, 0.15) is 47.5 Å². The number of anilines is 1. The maximum absolute atomic E-state index is 12.9. The van der Waals surface area contributed by atoms with Crippen molar-refractivity contribution in [2.24, 2.45) is 0 Å². The number of rotatable bonds is 4. The highest BCUT2D eigenvalue weighted by Gasteiger charge is 2.27. The maximum atomic E-state index is 12.9. The average molecular weight is 431 g/mol. The number of ether oxygens (including phenoxy) is 1. The molecule has 0 bridgehead atoms. The van der Waals surface area contributed by atoms with Crippen LogP contribution in [0.4, 0.5) is 5.69 Å². The van der Waals surface area contributed by atoms with E-state index in [1.807, 2.05) is 30.3 Å². The van der Waals surface area contributed by atoms with E-state index in [-0.39, 0.29) is 11.7 Å². The van der Waals surface area contributed by atoms with Crippen molar-refractivity contribution in [3.8, 4) is 5.75 Å². The van der Waals surface area contributed by atoms with Gasteiger partial charge in [-0.2, -0.15) is 0 Å². The van der Waals surface area contributed by atoms with E-state index in [2.05, 4.69) is 22.3 Å². The first-order chi connectivity index (χ1) is 15.7. The Hall–Kier alpha value is -2.89. The summed E-state index contributed by atoms with van der Waals surface area (Å²) < 4.78 is 5.49. The van der Waals surface area contributed by atoms with E-state index in [4.69, 9.17) is 4.74 Å². The van der Waals surface area contributed by atoms with Crippen LogP contribution in [0.15, 0.2) is 60.7 Å². The van der Waals surface area contributed by atoms with E-state index in [1.165, 1.54) is 31.2 Å². The molecule has 2 N–H and O–H groups in total. The number of carbonyl (C=O) groups excluding carboxylic acids is 1. The average Bonchev–Trinajstić information content (AvgIpc) is 2.84. The van der Waals surface area contributed by atoms with Crippen molar-refractivity contribution in [1.82, 2.24) is 4.90 Å². The Balaban J connectivity index is 1.21. The van der Waals surface area contributed by atoms with Crippen LogP contribution in [0.2, 0.25) is 0 Å². The quantitative estimate of drug-likeness (QED) is 0.600. The Bertz CT molecular complexity index is 1080. The van der Waals surface area contributed by atoms with Gasteiger partial charge in [-0.05, 0) is 84.3 Å². The second kappa shape index (κ2) is 9.31. The number of morpholine rings is 1. The number of carbonyl (C=O) groups is 1. The largest absolute Gasteiger partial charge is 0.508 e. The molecule has 0 atom stereocenters. The van der Waals surface area contributed by atoms with Gasteiger partial charge in [0.1, 0.15) is 5.75 Å². The second-order valence-corrected chi connectivity index (χ2v) is 8.94. The number of phenols is 1. The number of amides is 1. The summed E-state index contributed by atoms with van der Waals surface area (Å²) in [6, 6.07) is 19.7. The third kappa shape index (κ3) is 4.50. The minimum absolute atomic E-state index is 0.139. The van der Waals surface area contributed by atoms with E-state index >= 15 is 0 Å². The zero-order valence-corrected chi connectivity index (χ0v) is 18.3. The van der Waals surface area contributed by atoms with Crippen molar-refractivity contribution in [2.75, 3.05) is 31.6 Å². The minimum Gasteiger partial charge on any atom is -0.508 e. The molecule has 0 aromatic heterocycles. The molecule has 1 aliphatic heterocycles. The molecule has 0 unspecified atom stereocenters. The van der Waals surface area contributed by atoms with E-state index in [0.717, 1.165) is 42.8 Å². The summed E-state index contributed by atoms with van der Waals surface area (Å²) in [6.07, 6.45) is 4.94. The molecule has 3 aromatic rings. The van der Waals surface area contributed by atoms with Crippen molar-refractivity contribution in [2.45, 2.75) is 37.6 Å². The number of nitrogens with one attached hydrogen (secondary N) is 1. The molecule has 3 aromatic carbocycles. The Morgan fingerprint density at radius 3 is 2.44 bits per heavy atom. The summed E-state index contributed by atoms with van der Waals surface area (Å²) in [5.41, 5.74) is 2.77. The number of fused-ring (bicyclic) bond motifs is 1. The first kappa shape index (κ1) is 21.0. The Morgan fingerprint density at radius 1 is 0.938 bits per heavy atom. The van der Waals surface area contributed by atoms with Gasteiger partial charge in [0.05, 0.1) is 13.2 Å². The van der Waals surface area contributed by atoms with Crippen molar-refractivity contribution in [3.63, 3.8) is 0 Å². The predicted molar refractivity (Wildman–Crippen MR) is 127 cm³/mol. The van der Waals surface area contributed by atoms with Crippen molar-refractivity contribution in [1.29, 1.82) is 0 Å². The molecular weight excluding hydrogens is 400 g/mol. The van der Waals surface area contributed by atoms with Crippen LogP contribution < -0.4 is 5.32 Å². The Morgan fingerprint density at radius 2 is 1.69 bits per heavy atom. The van der Waals surface area contributed by atoms with Gasteiger partial charge in [0.2, 0.25) is 0 Å². The molecule has 0 radical (unpaired) electrons. The van der Waals surface area contributed by atoms with E-state index < -0.39 is 0 Å². The van der Waals surface area contributed by atoms with Crippen molar-refractivity contribution < 1.29 is 14.6 Å². The van der Waals surface area contributed by atoms with Gasteiger partial charge in [0, 0.05) is 30.4 Å². The van der Waals surface area contributed by atoms with Crippen LogP contribution in [0, 0.1) is 0 Å². The van der Waals surface area contributed by atoms with Gasteiger partial charge in [-0.25, -0.2) is 0 Å². The Kier molecular flexibility index (Phi) is 6.10. The first-order valence-electron chi connectivity index (χ1n) is 11.6. The van der Waals surface area contributed by atoms with Crippen molar-refractivity contribution >= 4 is 22.4 Å². The standard InChI is InChI=1S/C27H30N2O3/c30-24-12-13-25-21(18-24)2-1-3-26(25)27(31)28-22-8-4-19(5-9-22)20-6-10-23(11-7-20)29-14-16-32-17-15-29/h1-5,8-9,12-13,18,20,23,30H,6-7,10-11,14-17H2,(H,28,31). The van der Waals surface area contributed by atoms with Gasteiger partial charge in [-0.1, -0.05) is 24.3 Å². The van der Waals surface area contributed by atoms with Crippen LogP contribution in [-0.2, 0) is 4.74 Å². The SMILES string of the molecule is O=C(Nc1ccc(C2CCC(N3CCOCC3)CC2)cc1)c1cccc2cc(O)ccc12. The highest BCUT2D eigenvalue weighted by atomic mass is 16.5. The van der Waals surface area contributed by atoms with Crippen LogP contribution >= 0.6 is 0 Å². The van der Waals surface area contributed by atoms with E-state index in [9.17, 15) is 9.90 Å². The van der Waals surface area contributed by atoms with Crippen LogP contribution in [-0.4, -0.2) is 48.3 Å². The molecule has 2 fully saturated rings. The molecule has 5 rings (SSSR count). The molecule has 1 aliphatic carbocycles. The predicted octanol–water partition coefficient (Wildman–Crippen LogP) is 5.16. The fourth-order valence-corrected chi connectivity index (χ4v) is 5.22. The summed E-state index contributed by atoms with van der Waals surface area (Å²) in [5.74, 6) is 0.660. The molecule has 5 heteroatoms. The normalized spacial score (nSPS) is 22.0. The van der Waals surface area contributed by atoms with Crippen LogP contribution in [0.3, 0.4) is 0 Å². The number of hydrogen-bond donors (Lipinski definition) is 2. The number of phenolic OH excluding ortho intramolecular Hbond substituents is 1. The second-order valence-electron chi connectivity index (χ2n) is 8.94. The van der Waals surface area contributed by atoms with Crippen molar-refractivity contribution in [3.05, 3.63) is 71.8 Å². The maximum Gasteiger partial charge on any atom is 0.256 e. The summed E-state index contributed by atoms with van der Waals surface area (Å²) in [7, 11) is 0. The molecule has 1 amide bonds. The Labute approximate surface area is 189 Å². The lowest BCUT2D eigenvalue weighted by molar-refractivity contribution is 0.00730. The summed E-state index contributed by atoms with van der Waals surface area (Å²) in [5, 5.41) is 14.4. The van der Waals surface area contributed by atoms with Gasteiger partial charge in [-0.15, -0.1) is 0 Å². The monoisotopic (exact) mass is 430 g/mol. The molecule has 1 saturated carbocycles. The number of nitrogens with zero attached hydrogens (tertiary/aromatic N) is 1. The minimum atomic E-state index is -0.139. The summed E-state index contributed by atoms with van der Waals surface area (Å²) in [4.78, 5) is 15.5. The van der Waals surface area contributed by atoms with Gasteiger partial charge in [0.15, 0.2) is 0 Å². The fourth-order valence-electron chi connectivity index (χ4n) is 5.22. The molecule has 166 valence electrons. The molecule has 5 nitrogen and oxygen atoms in total. The number of hydrogen-bond acceptors (Lipinski definition) is 4. The van der Waals surface area contributed by atoms with Crippen LogP contribution in [0.25, 0.3) is 10.8 Å². The molecule has 1 saturated heterocycles. The smallest absolute Gasteiger partial charge is 0.256 e. The lowest BCUT2D eigenvalue weighted by atomic mass is 9.81. The number of benzene rings is 3. The molecule has 32 heavy (non-hydrogen) atoms. The summed E-state index contributed by atoms with van der Waals surface area (Å²) in [6.45, 7) is 3.88. The van der Waals surface area contributed by atoms with E-state index in [1.54, 1.807) is 18.2 Å². The van der Waals surface area contributed by atoms with E-state index in [0.29, 0.717) is 17.5 Å². The first-order valence-corrected chi connectivity index (χ1v) is 11.6. The lowest BCUT2D eigenvalue weighted by Crippen LogP contribution is -2.44. The zero-order chi connectivity index (χ0) is 21.9. The highest BCUT2D eigenvalue weighted by Crippen LogP contribution is 2.35. The topological polar surface area (TPSA) is 61.8 Å². The van der Waals surface area contributed by atoms with Gasteiger partial charge < -0.3 is 15.2 Å². The molecule has 0 spiro atoms. The summed E-state index contributed by atoms with van der Waals surface area (Å²) >= 11 is 0. The fraction of sp³-hybridized carbons (Fsp3) is 0.370. The highest BCUT2D eigenvalue weighted by molar-refractivity contribution is 6.13. The van der Waals surface area contributed by atoms with Gasteiger partial charge in [-0.3, -0.25) is 9.69 Å². The van der Waals surface area contributed by atoms with Gasteiger partial charge in [0.25, 0.3) is 5.91 Å². The molecule has 2 aliphatic rings. The molecular formula is C27H30N2O3. The van der Waals surface area contributed by atoms with Gasteiger partial charge >= 0.3 is 0 Å².